The van der Waals surface area contributed by atoms with E-state index in [1.54, 1.807) is 0 Å². The van der Waals surface area contributed by atoms with Crippen molar-refractivity contribution in [1.82, 2.24) is 0 Å². The van der Waals surface area contributed by atoms with Gasteiger partial charge in [0.15, 0.2) is 0 Å². The maximum atomic E-state index is 9.13. The highest BCUT2D eigenvalue weighted by molar-refractivity contribution is 5.81. The molecule has 0 spiro atoms. The van der Waals surface area contributed by atoms with Gasteiger partial charge in [-0.15, -0.1) is 0 Å². The van der Waals surface area contributed by atoms with Gasteiger partial charge in [-0.2, -0.15) is 5.26 Å². The number of hydrogen-bond donors (Lipinski definition) is 1. The minimum Gasteiger partial charge on any atom is -0.378 e. The third-order valence-electron chi connectivity index (χ3n) is 8.95. The molecular weight excluding hydrogens is 556 g/mol. The van der Waals surface area contributed by atoms with Crippen molar-refractivity contribution in [3.05, 3.63) is 180 Å². The fraction of sp³-hybridized carbons (Fsp3) is 0.114. The molecule has 7 rings (SSSR count). The quantitative estimate of drug-likeness (QED) is 0.204. The molecule has 2 aliphatic carbocycles. The number of benzene rings is 5. The van der Waals surface area contributed by atoms with Crippen LogP contribution in [0.25, 0.3) is 39.0 Å². The molecule has 2 unspecified atom stereocenters. The van der Waals surface area contributed by atoms with E-state index in [0.29, 0.717) is 11.5 Å². The van der Waals surface area contributed by atoms with Gasteiger partial charge in [-0.25, -0.2) is 0 Å². The normalized spacial score (nSPS) is 17.3. The molecule has 0 saturated carbocycles. The highest BCUT2D eigenvalue weighted by Gasteiger charge is 2.21. The Bertz CT molecular complexity index is 2000. The van der Waals surface area contributed by atoms with E-state index in [-0.39, 0.29) is 6.04 Å². The summed E-state index contributed by atoms with van der Waals surface area (Å²) in [5.74, 6) is 0.544. The predicted molar refractivity (Wildman–Crippen MR) is 193 cm³/mol. The SMILES string of the molecule is CC1C=CC=C(C2=CC(c3ccc(-c4cccc(-c5ccccc5)c4)cc3)=CC(Nc3ccc(-c4ccc(C#N)cc4)cc3)C2)C1. The van der Waals surface area contributed by atoms with Gasteiger partial charge in [-0.05, 0) is 105 Å². The van der Waals surface area contributed by atoms with Gasteiger partial charge in [0.25, 0.3) is 0 Å². The Balaban J connectivity index is 1.15. The van der Waals surface area contributed by atoms with Crippen molar-refractivity contribution in [1.29, 1.82) is 5.26 Å². The molecule has 0 amide bonds. The number of anilines is 1. The van der Waals surface area contributed by atoms with Crippen LogP contribution in [-0.4, -0.2) is 6.04 Å². The van der Waals surface area contributed by atoms with Crippen LogP contribution in [0.2, 0.25) is 0 Å². The van der Waals surface area contributed by atoms with E-state index in [4.69, 9.17) is 5.26 Å². The number of nitrogens with zero attached hydrogens (tertiary/aromatic N) is 1. The van der Waals surface area contributed by atoms with Crippen molar-refractivity contribution in [2.24, 2.45) is 5.92 Å². The summed E-state index contributed by atoms with van der Waals surface area (Å²) in [7, 11) is 0. The maximum absolute atomic E-state index is 9.13. The zero-order valence-electron chi connectivity index (χ0n) is 26.0. The Morgan fingerprint density at radius 2 is 1.20 bits per heavy atom. The average Bonchev–Trinajstić information content (AvgIpc) is 3.12. The zero-order chi connectivity index (χ0) is 31.3. The van der Waals surface area contributed by atoms with Gasteiger partial charge in [0.1, 0.15) is 0 Å². The summed E-state index contributed by atoms with van der Waals surface area (Å²) >= 11 is 0. The predicted octanol–water partition coefficient (Wildman–Crippen LogP) is 11.3. The van der Waals surface area contributed by atoms with Crippen LogP contribution in [0, 0.1) is 17.2 Å². The van der Waals surface area contributed by atoms with Crippen molar-refractivity contribution >= 4 is 11.3 Å². The molecule has 0 fully saturated rings. The van der Waals surface area contributed by atoms with E-state index in [0.717, 1.165) is 29.7 Å². The number of hydrogen-bond acceptors (Lipinski definition) is 2. The number of allylic oxidation sites excluding steroid dienone is 6. The molecule has 2 nitrogen and oxygen atoms in total. The van der Waals surface area contributed by atoms with Crippen molar-refractivity contribution < 1.29 is 0 Å². The van der Waals surface area contributed by atoms with Gasteiger partial charge < -0.3 is 5.32 Å². The summed E-state index contributed by atoms with van der Waals surface area (Å²) < 4.78 is 0. The molecule has 0 radical (unpaired) electrons. The molecule has 5 aromatic carbocycles. The second kappa shape index (κ2) is 13.1. The lowest BCUT2D eigenvalue weighted by atomic mass is 9.83. The van der Waals surface area contributed by atoms with E-state index in [2.05, 4.69) is 152 Å². The first-order valence-electron chi connectivity index (χ1n) is 16.0. The first kappa shape index (κ1) is 29.1. The summed E-state index contributed by atoms with van der Waals surface area (Å²) in [5.41, 5.74) is 14.2. The molecule has 1 N–H and O–H groups in total. The summed E-state index contributed by atoms with van der Waals surface area (Å²) in [4.78, 5) is 0. The lowest BCUT2D eigenvalue weighted by Crippen LogP contribution is -2.21. The standard InChI is InChI=1S/C44H36N2/c1-31-7-5-10-38(25-31)42-27-41(28-44(29-42)46-43-23-21-35(22-24-43)34-15-13-32(30-45)14-16-34)37-19-17-36(18-20-37)40-12-6-11-39(26-40)33-8-3-2-4-9-33/h2-24,26-28,31,44,46H,25,29H2,1H3. The van der Waals surface area contributed by atoms with Crippen molar-refractivity contribution in [2.45, 2.75) is 25.8 Å². The topological polar surface area (TPSA) is 35.8 Å². The minimum atomic E-state index is 0.167. The molecule has 2 heteroatoms. The summed E-state index contributed by atoms with van der Waals surface area (Å²) in [5, 5.41) is 12.9. The largest absolute Gasteiger partial charge is 0.378 e. The van der Waals surface area contributed by atoms with E-state index < -0.39 is 0 Å². The Morgan fingerprint density at radius 1 is 0.609 bits per heavy atom. The van der Waals surface area contributed by atoms with Crippen LogP contribution in [-0.2, 0) is 0 Å². The van der Waals surface area contributed by atoms with Crippen LogP contribution < -0.4 is 5.32 Å². The fourth-order valence-electron chi connectivity index (χ4n) is 6.46. The first-order chi connectivity index (χ1) is 22.6. The van der Waals surface area contributed by atoms with Crippen LogP contribution in [0.1, 0.15) is 30.9 Å². The number of rotatable bonds is 7. The van der Waals surface area contributed by atoms with E-state index in [1.807, 2.05) is 24.3 Å². The van der Waals surface area contributed by atoms with Crippen LogP contribution in [0.4, 0.5) is 5.69 Å². The number of nitrogens with one attached hydrogen (secondary N) is 1. The van der Waals surface area contributed by atoms with Crippen molar-refractivity contribution in [2.75, 3.05) is 5.32 Å². The lowest BCUT2D eigenvalue weighted by Gasteiger charge is -2.27. The van der Waals surface area contributed by atoms with Crippen LogP contribution in [0.3, 0.4) is 0 Å². The molecule has 5 aromatic rings. The molecule has 2 aliphatic rings. The highest BCUT2D eigenvalue weighted by atomic mass is 14.9. The second-order valence-corrected chi connectivity index (χ2v) is 12.3. The van der Waals surface area contributed by atoms with Gasteiger partial charge in [-0.3, -0.25) is 0 Å². The Hall–Kier alpha value is -5.65. The smallest absolute Gasteiger partial charge is 0.0991 e. The molecule has 0 heterocycles. The van der Waals surface area contributed by atoms with Gasteiger partial charge in [0.05, 0.1) is 11.6 Å². The molecule has 0 bridgehead atoms. The Kier molecular flexibility index (Phi) is 8.31. The molecule has 0 aromatic heterocycles. The number of nitriles is 1. The van der Waals surface area contributed by atoms with Crippen LogP contribution >= 0.6 is 0 Å². The molecule has 222 valence electrons. The van der Waals surface area contributed by atoms with Crippen molar-refractivity contribution in [3.8, 4) is 39.4 Å². The minimum absolute atomic E-state index is 0.167. The monoisotopic (exact) mass is 592 g/mol. The zero-order valence-corrected chi connectivity index (χ0v) is 26.0. The molecular formula is C44H36N2. The van der Waals surface area contributed by atoms with Crippen LogP contribution in [0.5, 0.6) is 0 Å². The second-order valence-electron chi connectivity index (χ2n) is 12.3. The Morgan fingerprint density at radius 3 is 1.87 bits per heavy atom. The lowest BCUT2D eigenvalue weighted by molar-refractivity contribution is 0.699. The molecule has 46 heavy (non-hydrogen) atoms. The molecule has 2 atom stereocenters. The fourth-order valence-corrected chi connectivity index (χ4v) is 6.46. The Labute approximate surface area is 272 Å². The third-order valence-corrected chi connectivity index (χ3v) is 8.95. The van der Waals surface area contributed by atoms with Crippen LogP contribution in [0.15, 0.2) is 169 Å². The summed E-state index contributed by atoms with van der Waals surface area (Å²) in [6, 6.07) is 47.1. The van der Waals surface area contributed by atoms with E-state index in [1.165, 1.54) is 44.5 Å². The maximum Gasteiger partial charge on any atom is 0.0991 e. The van der Waals surface area contributed by atoms with Gasteiger partial charge in [0, 0.05) is 11.7 Å². The highest BCUT2D eigenvalue weighted by Crippen LogP contribution is 2.36. The van der Waals surface area contributed by atoms with E-state index in [9.17, 15) is 0 Å². The summed E-state index contributed by atoms with van der Waals surface area (Å²) in [6.07, 6.45) is 13.6. The molecule has 0 saturated heterocycles. The van der Waals surface area contributed by atoms with E-state index >= 15 is 0 Å². The third kappa shape index (κ3) is 6.55. The molecule has 0 aliphatic heterocycles. The van der Waals surface area contributed by atoms with Crippen molar-refractivity contribution in [3.63, 3.8) is 0 Å². The first-order valence-corrected chi connectivity index (χ1v) is 16.0. The average molecular weight is 593 g/mol. The summed E-state index contributed by atoms with van der Waals surface area (Å²) in [6.45, 7) is 2.29. The van der Waals surface area contributed by atoms with Gasteiger partial charge in [0.2, 0.25) is 0 Å². The van der Waals surface area contributed by atoms with Gasteiger partial charge >= 0.3 is 0 Å². The van der Waals surface area contributed by atoms with Gasteiger partial charge in [-0.1, -0.05) is 134 Å².